The van der Waals surface area contributed by atoms with Gasteiger partial charge in [-0.05, 0) is 13.3 Å². The van der Waals surface area contributed by atoms with E-state index < -0.39 is 10.0 Å². The SMILES string of the molecule is CCC(CC#N)NS(=O)(=O)c1cnc(C)s1. The number of aryl methyl sites for hydroxylation is 1. The first-order chi connectivity index (χ1) is 7.49. The van der Waals surface area contributed by atoms with Gasteiger partial charge in [-0.25, -0.2) is 18.1 Å². The molecule has 1 rings (SSSR count). The molecule has 1 aromatic rings. The molecule has 0 aliphatic heterocycles. The van der Waals surface area contributed by atoms with Crippen LogP contribution in [0.3, 0.4) is 0 Å². The highest BCUT2D eigenvalue weighted by Gasteiger charge is 2.20. The molecule has 0 fully saturated rings. The van der Waals surface area contributed by atoms with Gasteiger partial charge in [0.15, 0.2) is 4.21 Å². The van der Waals surface area contributed by atoms with Crippen molar-refractivity contribution >= 4 is 21.4 Å². The Labute approximate surface area is 99.2 Å². The van der Waals surface area contributed by atoms with Crippen molar-refractivity contribution in [3.63, 3.8) is 0 Å². The molecular weight excluding hydrogens is 246 g/mol. The summed E-state index contributed by atoms with van der Waals surface area (Å²) >= 11 is 1.12. The van der Waals surface area contributed by atoms with E-state index in [0.717, 1.165) is 11.3 Å². The second-order valence-electron chi connectivity index (χ2n) is 3.29. The van der Waals surface area contributed by atoms with Crippen LogP contribution in [0.15, 0.2) is 10.4 Å². The van der Waals surface area contributed by atoms with E-state index >= 15 is 0 Å². The molecule has 0 aliphatic carbocycles. The van der Waals surface area contributed by atoms with Gasteiger partial charge in [0.05, 0.1) is 23.7 Å². The molecule has 0 spiro atoms. The van der Waals surface area contributed by atoms with Crippen LogP contribution in [0.4, 0.5) is 0 Å². The average Bonchev–Trinajstić information content (AvgIpc) is 2.64. The van der Waals surface area contributed by atoms with Crippen molar-refractivity contribution in [2.24, 2.45) is 0 Å². The Bertz CT molecular complexity index is 487. The molecule has 7 heteroatoms. The van der Waals surface area contributed by atoms with E-state index in [-0.39, 0.29) is 16.7 Å². The normalized spacial score (nSPS) is 13.3. The number of nitrogens with one attached hydrogen (secondary N) is 1. The van der Waals surface area contributed by atoms with Gasteiger partial charge >= 0.3 is 0 Å². The van der Waals surface area contributed by atoms with Crippen LogP contribution < -0.4 is 4.72 Å². The molecule has 0 saturated heterocycles. The zero-order valence-corrected chi connectivity index (χ0v) is 10.7. The summed E-state index contributed by atoms with van der Waals surface area (Å²) in [5.41, 5.74) is 0. The number of hydrogen-bond donors (Lipinski definition) is 1. The smallest absolute Gasteiger partial charge is 0.249 e. The predicted octanol–water partition coefficient (Wildman–Crippen LogP) is 1.42. The number of sulfonamides is 1. The van der Waals surface area contributed by atoms with Crippen LogP contribution >= 0.6 is 11.3 Å². The molecule has 0 bridgehead atoms. The van der Waals surface area contributed by atoms with E-state index in [1.54, 1.807) is 6.92 Å². The second-order valence-corrected chi connectivity index (χ2v) is 6.46. The first-order valence-corrected chi connectivity index (χ1v) is 7.11. The van der Waals surface area contributed by atoms with E-state index in [1.165, 1.54) is 6.20 Å². The fourth-order valence-electron chi connectivity index (χ4n) is 1.12. The summed E-state index contributed by atoms with van der Waals surface area (Å²) in [7, 11) is -3.52. The van der Waals surface area contributed by atoms with Crippen molar-refractivity contribution < 1.29 is 8.42 Å². The third-order valence-corrected chi connectivity index (χ3v) is 4.91. The summed E-state index contributed by atoms with van der Waals surface area (Å²) in [5, 5.41) is 9.25. The highest BCUT2D eigenvalue weighted by atomic mass is 32.2. The molecule has 5 nitrogen and oxygen atoms in total. The minimum atomic E-state index is -3.52. The van der Waals surface area contributed by atoms with Crippen molar-refractivity contribution in [3.05, 3.63) is 11.2 Å². The highest BCUT2D eigenvalue weighted by Crippen LogP contribution is 2.18. The maximum absolute atomic E-state index is 11.8. The zero-order valence-electron chi connectivity index (χ0n) is 9.10. The van der Waals surface area contributed by atoms with E-state index in [2.05, 4.69) is 9.71 Å². The lowest BCUT2D eigenvalue weighted by atomic mass is 10.2. The number of nitriles is 1. The molecular formula is C9H13N3O2S2. The van der Waals surface area contributed by atoms with E-state index in [0.29, 0.717) is 11.4 Å². The van der Waals surface area contributed by atoms with Crippen LogP contribution in [0.1, 0.15) is 24.8 Å². The Balaban J connectivity index is 2.83. The molecule has 0 saturated carbocycles. The van der Waals surface area contributed by atoms with Gasteiger partial charge < -0.3 is 0 Å². The van der Waals surface area contributed by atoms with Crippen LogP contribution in [0.2, 0.25) is 0 Å². The lowest BCUT2D eigenvalue weighted by molar-refractivity contribution is 0.544. The van der Waals surface area contributed by atoms with Crippen molar-refractivity contribution in [2.75, 3.05) is 0 Å². The Kier molecular flexibility index (Phi) is 4.41. The largest absolute Gasteiger partial charge is 0.251 e. The number of nitrogens with zero attached hydrogens (tertiary/aromatic N) is 2. The molecule has 1 heterocycles. The van der Waals surface area contributed by atoms with Gasteiger partial charge in [0, 0.05) is 6.04 Å². The van der Waals surface area contributed by atoms with E-state index in [1.807, 2.05) is 13.0 Å². The van der Waals surface area contributed by atoms with Gasteiger partial charge in [-0.2, -0.15) is 5.26 Å². The fourth-order valence-corrected chi connectivity index (χ4v) is 3.57. The van der Waals surface area contributed by atoms with Gasteiger partial charge in [-0.15, -0.1) is 11.3 Å². The first kappa shape index (κ1) is 13.1. The van der Waals surface area contributed by atoms with E-state index in [4.69, 9.17) is 5.26 Å². The number of thiazole rings is 1. The predicted molar refractivity (Wildman–Crippen MR) is 61.5 cm³/mol. The molecule has 1 unspecified atom stereocenters. The summed E-state index contributed by atoms with van der Waals surface area (Å²) in [6.07, 6.45) is 2.10. The molecule has 1 aromatic heterocycles. The Morgan fingerprint density at radius 3 is 2.81 bits per heavy atom. The van der Waals surface area contributed by atoms with Crippen molar-refractivity contribution in [2.45, 2.75) is 36.9 Å². The quantitative estimate of drug-likeness (QED) is 0.867. The minimum Gasteiger partial charge on any atom is -0.249 e. The topological polar surface area (TPSA) is 82.9 Å². The Morgan fingerprint density at radius 1 is 1.69 bits per heavy atom. The molecule has 0 aromatic carbocycles. The minimum absolute atomic E-state index is 0.174. The zero-order chi connectivity index (χ0) is 12.2. The number of rotatable bonds is 5. The molecule has 0 aliphatic rings. The van der Waals surface area contributed by atoms with Crippen molar-refractivity contribution in [1.82, 2.24) is 9.71 Å². The van der Waals surface area contributed by atoms with E-state index in [9.17, 15) is 8.42 Å². The van der Waals surface area contributed by atoms with Crippen LogP contribution in [-0.4, -0.2) is 19.4 Å². The highest BCUT2D eigenvalue weighted by molar-refractivity contribution is 7.91. The van der Waals surface area contributed by atoms with Crippen molar-refractivity contribution in [3.8, 4) is 6.07 Å². The third-order valence-electron chi connectivity index (χ3n) is 2.02. The van der Waals surface area contributed by atoms with Crippen LogP contribution in [0.5, 0.6) is 0 Å². The molecule has 16 heavy (non-hydrogen) atoms. The van der Waals surface area contributed by atoms with Gasteiger partial charge in [0.1, 0.15) is 0 Å². The molecule has 0 radical (unpaired) electrons. The van der Waals surface area contributed by atoms with Gasteiger partial charge in [-0.1, -0.05) is 6.92 Å². The molecule has 1 atom stereocenters. The summed E-state index contributed by atoms with van der Waals surface area (Å²) in [4.78, 5) is 3.90. The summed E-state index contributed by atoms with van der Waals surface area (Å²) in [6, 6.07) is 1.62. The van der Waals surface area contributed by atoms with Gasteiger partial charge in [0.2, 0.25) is 0 Å². The maximum atomic E-state index is 11.8. The molecule has 1 N–H and O–H groups in total. The lowest BCUT2D eigenvalue weighted by Gasteiger charge is -2.12. The Morgan fingerprint density at radius 2 is 2.38 bits per heavy atom. The number of aromatic nitrogens is 1. The fraction of sp³-hybridized carbons (Fsp3) is 0.556. The second kappa shape index (κ2) is 5.39. The van der Waals surface area contributed by atoms with Crippen molar-refractivity contribution in [1.29, 1.82) is 5.26 Å². The van der Waals surface area contributed by atoms with Gasteiger partial charge in [-0.3, -0.25) is 0 Å². The monoisotopic (exact) mass is 259 g/mol. The summed E-state index contributed by atoms with van der Waals surface area (Å²) in [5.74, 6) is 0. The lowest BCUT2D eigenvalue weighted by Crippen LogP contribution is -2.33. The van der Waals surface area contributed by atoms with Crippen LogP contribution in [0, 0.1) is 18.3 Å². The summed E-state index contributed by atoms with van der Waals surface area (Å²) < 4.78 is 26.4. The number of hydrogen-bond acceptors (Lipinski definition) is 5. The standard InChI is InChI=1S/C9H13N3O2S2/c1-3-8(4-5-10)12-16(13,14)9-6-11-7(2)15-9/h6,8,12H,3-4H2,1-2H3. The third kappa shape index (κ3) is 3.27. The van der Waals surface area contributed by atoms with Crippen LogP contribution in [-0.2, 0) is 10.0 Å². The summed E-state index contributed by atoms with van der Waals surface area (Å²) in [6.45, 7) is 3.58. The average molecular weight is 259 g/mol. The molecule has 0 amide bonds. The molecule has 88 valence electrons. The van der Waals surface area contributed by atoms with Crippen LogP contribution in [0.25, 0.3) is 0 Å². The maximum Gasteiger partial charge on any atom is 0.251 e. The van der Waals surface area contributed by atoms with Gasteiger partial charge in [0.25, 0.3) is 10.0 Å². The Hall–Kier alpha value is -0.970. The first-order valence-electron chi connectivity index (χ1n) is 4.81.